The maximum absolute atomic E-state index is 11.8. The van der Waals surface area contributed by atoms with E-state index >= 15 is 0 Å². The molecule has 2 aromatic rings. The quantitative estimate of drug-likeness (QED) is 0.834. The van der Waals surface area contributed by atoms with Gasteiger partial charge in [-0.2, -0.15) is 5.10 Å². The van der Waals surface area contributed by atoms with Gasteiger partial charge in [0.2, 0.25) is 0 Å². The normalized spacial score (nSPS) is 21.8. The second kappa shape index (κ2) is 4.48. The van der Waals surface area contributed by atoms with E-state index in [0.29, 0.717) is 35.8 Å². The predicted octanol–water partition coefficient (Wildman–Crippen LogP) is 0.858. The summed E-state index contributed by atoms with van der Waals surface area (Å²) in [6.45, 7) is 0. The Morgan fingerprint density at radius 2 is 2.32 bits per heavy atom. The Morgan fingerprint density at radius 1 is 1.47 bits per heavy atom. The highest BCUT2D eigenvalue weighted by atomic mass is 32.2. The van der Waals surface area contributed by atoms with E-state index in [4.69, 9.17) is 4.74 Å². The van der Waals surface area contributed by atoms with Crippen LogP contribution in [0, 0.1) is 0 Å². The molecule has 0 radical (unpaired) electrons. The zero-order chi connectivity index (χ0) is 13.5. The molecule has 3 rings (SSSR count). The molecule has 2 aromatic heterocycles. The molecule has 1 aliphatic heterocycles. The molecule has 0 aliphatic carbocycles. The summed E-state index contributed by atoms with van der Waals surface area (Å²) in [5.74, 6) is 1.56. The van der Waals surface area contributed by atoms with Crippen molar-refractivity contribution in [2.75, 3.05) is 12.9 Å². The Hall–Kier alpha value is -1.63. The van der Waals surface area contributed by atoms with Crippen molar-refractivity contribution >= 4 is 15.5 Å². The molecule has 6 nitrogen and oxygen atoms in total. The van der Waals surface area contributed by atoms with Crippen LogP contribution in [0.15, 0.2) is 18.3 Å². The van der Waals surface area contributed by atoms with Crippen LogP contribution in [-0.4, -0.2) is 41.1 Å². The molecule has 1 atom stereocenters. The highest BCUT2D eigenvalue weighted by molar-refractivity contribution is 7.92. The van der Waals surface area contributed by atoms with Crippen LogP contribution in [-0.2, 0) is 16.3 Å². The lowest BCUT2D eigenvalue weighted by Gasteiger charge is -2.04. The third-order valence-electron chi connectivity index (χ3n) is 3.46. The molecule has 102 valence electrons. The van der Waals surface area contributed by atoms with E-state index in [9.17, 15) is 8.42 Å². The van der Waals surface area contributed by atoms with Crippen molar-refractivity contribution in [3.63, 3.8) is 0 Å². The molecular weight excluding hydrogens is 266 g/mol. The van der Waals surface area contributed by atoms with Crippen molar-refractivity contribution in [1.82, 2.24) is 14.6 Å². The van der Waals surface area contributed by atoms with Crippen LogP contribution < -0.4 is 4.74 Å². The third kappa shape index (κ3) is 2.30. The molecule has 1 aliphatic rings. The molecule has 1 saturated heterocycles. The van der Waals surface area contributed by atoms with Crippen LogP contribution in [0.1, 0.15) is 18.7 Å². The van der Waals surface area contributed by atoms with Crippen molar-refractivity contribution in [2.45, 2.75) is 24.5 Å². The molecule has 0 saturated carbocycles. The SMILES string of the molecule is COc1ccc2nc(CC3CCCS3(=O)=O)nn2c1. The van der Waals surface area contributed by atoms with E-state index in [1.54, 1.807) is 30.0 Å². The lowest BCUT2D eigenvalue weighted by molar-refractivity contribution is 0.411. The fraction of sp³-hybridized carbons (Fsp3) is 0.500. The summed E-state index contributed by atoms with van der Waals surface area (Å²) in [5.41, 5.74) is 0.700. The molecule has 7 heteroatoms. The third-order valence-corrected chi connectivity index (χ3v) is 5.73. The van der Waals surface area contributed by atoms with Gasteiger partial charge in [-0.25, -0.2) is 17.9 Å². The molecule has 19 heavy (non-hydrogen) atoms. The molecule has 3 heterocycles. The standard InChI is InChI=1S/C12H15N3O3S/c1-18-9-4-5-12-13-11(14-15(12)8-9)7-10-3-2-6-19(10,16)17/h4-5,8,10H,2-3,6-7H2,1H3. The average molecular weight is 281 g/mol. The predicted molar refractivity (Wildman–Crippen MR) is 70.1 cm³/mol. The Balaban J connectivity index is 1.89. The molecular formula is C12H15N3O3S. The Morgan fingerprint density at radius 3 is 3.00 bits per heavy atom. The Kier molecular flexibility index (Phi) is 2.93. The van der Waals surface area contributed by atoms with E-state index in [1.807, 2.05) is 0 Å². The van der Waals surface area contributed by atoms with Gasteiger partial charge in [-0.3, -0.25) is 0 Å². The van der Waals surface area contributed by atoms with Crippen LogP contribution in [0.5, 0.6) is 5.75 Å². The van der Waals surface area contributed by atoms with Crippen LogP contribution in [0.3, 0.4) is 0 Å². The van der Waals surface area contributed by atoms with E-state index in [2.05, 4.69) is 10.1 Å². The van der Waals surface area contributed by atoms with Gasteiger partial charge in [-0.15, -0.1) is 0 Å². The number of methoxy groups -OCH3 is 1. The largest absolute Gasteiger partial charge is 0.495 e. The molecule has 0 aromatic carbocycles. The fourth-order valence-electron chi connectivity index (χ4n) is 2.41. The highest BCUT2D eigenvalue weighted by Crippen LogP contribution is 2.23. The summed E-state index contributed by atoms with van der Waals surface area (Å²) < 4.78 is 30.3. The molecule has 0 spiro atoms. The summed E-state index contributed by atoms with van der Waals surface area (Å²) in [6, 6.07) is 3.61. The molecule has 0 N–H and O–H groups in total. The van der Waals surface area contributed by atoms with Crippen LogP contribution in [0.2, 0.25) is 0 Å². The van der Waals surface area contributed by atoms with E-state index in [1.165, 1.54) is 0 Å². The van der Waals surface area contributed by atoms with Gasteiger partial charge in [0.1, 0.15) is 5.75 Å². The van der Waals surface area contributed by atoms with Crippen LogP contribution in [0.25, 0.3) is 5.65 Å². The number of rotatable bonds is 3. The first-order chi connectivity index (χ1) is 9.08. The first-order valence-electron chi connectivity index (χ1n) is 6.19. The van der Waals surface area contributed by atoms with E-state index in [0.717, 1.165) is 6.42 Å². The van der Waals surface area contributed by atoms with Crippen molar-refractivity contribution < 1.29 is 13.2 Å². The highest BCUT2D eigenvalue weighted by Gasteiger charge is 2.32. The summed E-state index contributed by atoms with van der Waals surface area (Å²) in [5, 5.41) is 3.98. The number of fused-ring (bicyclic) bond motifs is 1. The lowest BCUT2D eigenvalue weighted by Crippen LogP contribution is -2.19. The first-order valence-corrected chi connectivity index (χ1v) is 7.91. The van der Waals surface area contributed by atoms with Gasteiger partial charge in [0.05, 0.1) is 24.3 Å². The van der Waals surface area contributed by atoms with Crippen LogP contribution >= 0.6 is 0 Å². The number of nitrogens with zero attached hydrogens (tertiary/aromatic N) is 3. The number of hydrogen-bond donors (Lipinski definition) is 0. The minimum Gasteiger partial charge on any atom is -0.495 e. The Bertz CT molecular complexity index is 708. The van der Waals surface area contributed by atoms with Gasteiger partial charge in [0.25, 0.3) is 0 Å². The van der Waals surface area contributed by atoms with E-state index in [-0.39, 0.29) is 5.25 Å². The second-order valence-electron chi connectivity index (χ2n) is 4.74. The van der Waals surface area contributed by atoms with Crippen molar-refractivity contribution in [3.05, 3.63) is 24.2 Å². The Labute approximate surface area is 111 Å². The van der Waals surface area contributed by atoms with Crippen LogP contribution in [0.4, 0.5) is 0 Å². The topological polar surface area (TPSA) is 73.6 Å². The van der Waals surface area contributed by atoms with Crippen molar-refractivity contribution in [1.29, 1.82) is 0 Å². The first kappa shape index (κ1) is 12.4. The van der Waals surface area contributed by atoms with E-state index < -0.39 is 9.84 Å². The summed E-state index contributed by atoms with van der Waals surface area (Å²) >= 11 is 0. The second-order valence-corrected chi connectivity index (χ2v) is 7.14. The summed E-state index contributed by atoms with van der Waals surface area (Å²) in [6.07, 6.45) is 3.58. The average Bonchev–Trinajstić information content (AvgIpc) is 2.92. The summed E-state index contributed by atoms with van der Waals surface area (Å²) in [7, 11) is -1.36. The zero-order valence-electron chi connectivity index (χ0n) is 10.6. The van der Waals surface area contributed by atoms with Gasteiger partial charge in [-0.05, 0) is 25.0 Å². The minimum atomic E-state index is -2.95. The van der Waals surface area contributed by atoms with Gasteiger partial charge in [0.15, 0.2) is 21.3 Å². The van der Waals surface area contributed by atoms with Crippen molar-refractivity contribution in [3.8, 4) is 5.75 Å². The monoisotopic (exact) mass is 281 g/mol. The smallest absolute Gasteiger partial charge is 0.155 e. The molecule has 1 unspecified atom stereocenters. The van der Waals surface area contributed by atoms with Gasteiger partial charge in [-0.1, -0.05) is 0 Å². The molecule has 1 fully saturated rings. The number of ether oxygens (including phenoxy) is 1. The van der Waals surface area contributed by atoms with Gasteiger partial charge < -0.3 is 4.74 Å². The zero-order valence-corrected chi connectivity index (χ0v) is 11.4. The maximum Gasteiger partial charge on any atom is 0.155 e. The maximum atomic E-state index is 11.8. The summed E-state index contributed by atoms with van der Waals surface area (Å²) in [4.78, 5) is 4.35. The minimum absolute atomic E-state index is 0.291. The van der Waals surface area contributed by atoms with Gasteiger partial charge in [0, 0.05) is 6.42 Å². The number of pyridine rings is 1. The molecule has 0 bridgehead atoms. The number of hydrogen-bond acceptors (Lipinski definition) is 5. The number of aromatic nitrogens is 3. The van der Waals surface area contributed by atoms with Crippen molar-refractivity contribution in [2.24, 2.45) is 0 Å². The number of sulfone groups is 1. The van der Waals surface area contributed by atoms with Gasteiger partial charge >= 0.3 is 0 Å². The fourth-order valence-corrected chi connectivity index (χ4v) is 4.24. The molecule has 0 amide bonds. The lowest BCUT2D eigenvalue weighted by atomic mass is 10.2.